The normalized spacial score (nSPS) is 10.8. The van der Waals surface area contributed by atoms with E-state index in [9.17, 15) is 4.79 Å². The number of amides is 1. The van der Waals surface area contributed by atoms with Crippen LogP contribution in [0.3, 0.4) is 0 Å². The van der Waals surface area contributed by atoms with Crippen molar-refractivity contribution in [1.29, 1.82) is 0 Å². The van der Waals surface area contributed by atoms with Crippen LogP contribution >= 0.6 is 0 Å². The Labute approximate surface area is 139 Å². The maximum Gasteiger partial charge on any atom is 0.253 e. The number of fused-ring (bicyclic) bond motifs is 1. The van der Waals surface area contributed by atoms with Crippen LogP contribution < -0.4 is 10.1 Å². The lowest BCUT2D eigenvalue weighted by Gasteiger charge is -2.09. The Morgan fingerprint density at radius 2 is 2.21 bits per heavy atom. The number of pyridine rings is 2. The molecule has 0 spiro atoms. The molecule has 1 amide bonds. The molecule has 0 saturated heterocycles. The maximum atomic E-state index is 12.4. The van der Waals surface area contributed by atoms with E-state index in [1.54, 1.807) is 17.1 Å². The molecule has 7 heteroatoms. The van der Waals surface area contributed by atoms with Gasteiger partial charge in [-0.2, -0.15) is 5.10 Å². The lowest BCUT2D eigenvalue weighted by Crippen LogP contribution is -2.23. The number of carbonyl (C=O) groups excluding carboxylic acids is 1. The molecular formula is C17H19N5O2. The number of carbonyl (C=O) groups is 1. The zero-order valence-electron chi connectivity index (χ0n) is 13.9. The van der Waals surface area contributed by atoms with Crippen molar-refractivity contribution in [1.82, 2.24) is 25.1 Å². The largest absolute Gasteiger partial charge is 0.478 e. The third kappa shape index (κ3) is 3.05. The summed E-state index contributed by atoms with van der Waals surface area (Å²) in [5.74, 6) is 0.343. The van der Waals surface area contributed by atoms with Gasteiger partial charge in [0.05, 0.1) is 17.9 Å². The topological polar surface area (TPSA) is 81.9 Å². The lowest BCUT2D eigenvalue weighted by molar-refractivity contribution is 0.0950. The van der Waals surface area contributed by atoms with Gasteiger partial charge < -0.3 is 10.1 Å². The quantitative estimate of drug-likeness (QED) is 0.776. The summed E-state index contributed by atoms with van der Waals surface area (Å²) in [4.78, 5) is 20.9. The molecule has 0 radical (unpaired) electrons. The van der Waals surface area contributed by atoms with Crippen LogP contribution in [-0.4, -0.2) is 32.3 Å². The van der Waals surface area contributed by atoms with Gasteiger partial charge in [-0.1, -0.05) is 6.07 Å². The van der Waals surface area contributed by atoms with Crippen molar-refractivity contribution in [2.75, 3.05) is 6.61 Å². The van der Waals surface area contributed by atoms with Crippen molar-refractivity contribution < 1.29 is 9.53 Å². The molecule has 0 aliphatic carbocycles. The molecule has 0 atom stereocenters. The maximum absolute atomic E-state index is 12.4. The average Bonchev–Trinajstić information content (AvgIpc) is 2.88. The number of nitrogens with one attached hydrogen (secondary N) is 1. The number of nitrogens with zero attached hydrogens (tertiary/aromatic N) is 4. The summed E-state index contributed by atoms with van der Waals surface area (Å²) in [5, 5.41) is 8.07. The summed E-state index contributed by atoms with van der Waals surface area (Å²) in [6.07, 6.45) is 3.23. The Balaban J connectivity index is 1.77. The lowest BCUT2D eigenvalue weighted by atomic mass is 10.2. The molecule has 3 rings (SSSR count). The van der Waals surface area contributed by atoms with Crippen LogP contribution in [0.1, 0.15) is 28.5 Å². The zero-order chi connectivity index (χ0) is 17.1. The SMILES string of the molecule is CCOc1ncccc1CNC(=O)c1cnc2c(c1)c(C)nn2C. The summed E-state index contributed by atoms with van der Waals surface area (Å²) < 4.78 is 7.17. The standard InChI is InChI=1S/C17H19N5O2/c1-4-24-17-12(6-5-7-18-17)9-20-16(23)13-8-14-11(2)21-22(3)15(14)19-10-13/h5-8,10H,4,9H2,1-3H3,(H,20,23). The molecule has 0 aliphatic rings. The van der Waals surface area contributed by atoms with Crippen LogP contribution in [0.2, 0.25) is 0 Å². The van der Waals surface area contributed by atoms with E-state index in [-0.39, 0.29) is 5.91 Å². The van der Waals surface area contributed by atoms with Crippen molar-refractivity contribution >= 4 is 16.9 Å². The van der Waals surface area contributed by atoms with Gasteiger partial charge in [-0.3, -0.25) is 9.48 Å². The Morgan fingerprint density at radius 3 is 3.00 bits per heavy atom. The molecule has 0 unspecified atom stereocenters. The molecule has 24 heavy (non-hydrogen) atoms. The fourth-order valence-corrected chi connectivity index (χ4v) is 2.53. The van der Waals surface area contributed by atoms with Gasteiger partial charge in [-0.15, -0.1) is 0 Å². The van der Waals surface area contributed by atoms with E-state index in [1.165, 1.54) is 0 Å². The number of aryl methyl sites for hydroxylation is 2. The van der Waals surface area contributed by atoms with Crippen molar-refractivity contribution in [2.45, 2.75) is 20.4 Å². The Kier molecular flexibility index (Phi) is 4.41. The second kappa shape index (κ2) is 6.66. The number of hydrogen-bond acceptors (Lipinski definition) is 5. The predicted molar refractivity (Wildman–Crippen MR) is 89.8 cm³/mol. The first-order valence-electron chi connectivity index (χ1n) is 7.74. The van der Waals surface area contributed by atoms with Crippen LogP contribution in [0.15, 0.2) is 30.6 Å². The van der Waals surface area contributed by atoms with Gasteiger partial charge >= 0.3 is 0 Å². The summed E-state index contributed by atoms with van der Waals surface area (Å²) in [6.45, 7) is 4.66. The first-order valence-corrected chi connectivity index (χ1v) is 7.74. The van der Waals surface area contributed by atoms with Gasteiger partial charge in [0.15, 0.2) is 5.65 Å². The van der Waals surface area contributed by atoms with Gasteiger partial charge in [0.1, 0.15) is 0 Å². The predicted octanol–water partition coefficient (Wildman–Crippen LogP) is 2.00. The molecule has 0 aliphatic heterocycles. The van der Waals surface area contributed by atoms with Crippen LogP contribution in [0.25, 0.3) is 11.0 Å². The van der Waals surface area contributed by atoms with Crippen molar-refractivity contribution in [3.8, 4) is 5.88 Å². The molecule has 0 bridgehead atoms. The minimum atomic E-state index is -0.195. The highest BCUT2D eigenvalue weighted by atomic mass is 16.5. The third-order valence-corrected chi connectivity index (χ3v) is 3.70. The Bertz CT molecular complexity index is 888. The minimum Gasteiger partial charge on any atom is -0.478 e. The zero-order valence-corrected chi connectivity index (χ0v) is 13.9. The second-order valence-electron chi connectivity index (χ2n) is 5.39. The molecular weight excluding hydrogens is 306 g/mol. The third-order valence-electron chi connectivity index (χ3n) is 3.70. The summed E-state index contributed by atoms with van der Waals surface area (Å²) in [5.41, 5.74) is 2.94. The first-order chi connectivity index (χ1) is 11.6. The summed E-state index contributed by atoms with van der Waals surface area (Å²) in [6, 6.07) is 5.51. The minimum absolute atomic E-state index is 0.195. The van der Waals surface area contributed by atoms with Crippen LogP contribution in [0.4, 0.5) is 0 Å². The Hall–Kier alpha value is -2.96. The summed E-state index contributed by atoms with van der Waals surface area (Å²) >= 11 is 0. The molecule has 3 heterocycles. The monoisotopic (exact) mass is 325 g/mol. The van der Waals surface area contributed by atoms with Crippen LogP contribution in [0.5, 0.6) is 5.88 Å². The molecule has 7 nitrogen and oxygen atoms in total. The smallest absolute Gasteiger partial charge is 0.253 e. The first kappa shape index (κ1) is 15.9. The number of rotatable bonds is 5. The molecule has 0 saturated carbocycles. The van der Waals surface area contributed by atoms with E-state index in [4.69, 9.17) is 4.74 Å². The van der Waals surface area contributed by atoms with Crippen molar-refractivity contribution in [3.05, 3.63) is 47.4 Å². The molecule has 3 aromatic rings. The van der Waals surface area contributed by atoms with Gasteiger partial charge in [0.2, 0.25) is 5.88 Å². The highest BCUT2D eigenvalue weighted by Gasteiger charge is 2.12. The van der Waals surface area contributed by atoms with Crippen molar-refractivity contribution in [2.24, 2.45) is 7.05 Å². The van der Waals surface area contributed by atoms with Crippen molar-refractivity contribution in [3.63, 3.8) is 0 Å². The number of ether oxygens (including phenoxy) is 1. The van der Waals surface area contributed by atoms with Crippen LogP contribution in [0, 0.1) is 6.92 Å². The molecule has 3 aromatic heterocycles. The van der Waals surface area contributed by atoms with E-state index in [0.717, 1.165) is 22.3 Å². The summed E-state index contributed by atoms with van der Waals surface area (Å²) in [7, 11) is 1.83. The van der Waals surface area contributed by atoms with E-state index >= 15 is 0 Å². The average molecular weight is 325 g/mol. The van der Waals surface area contributed by atoms with E-state index in [0.29, 0.717) is 24.6 Å². The molecule has 1 N–H and O–H groups in total. The number of hydrogen-bond donors (Lipinski definition) is 1. The number of aromatic nitrogens is 4. The highest BCUT2D eigenvalue weighted by Crippen LogP contribution is 2.17. The fourth-order valence-electron chi connectivity index (χ4n) is 2.53. The van der Waals surface area contributed by atoms with E-state index in [1.807, 2.05) is 39.1 Å². The molecule has 0 fully saturated rings. The molecule has 0 aromatic carbocycles. The highest BCUT2D eigenvalue weighted by molar-refractivity contribution is 5.97. The van der Waals surface area contributed by atoms with Gasteiger partial charge in [0.25, 0.3) is 5.91 Å². The van der Waals surface area contributed by atoms with Crippen LogP contribution in [-0.2, 0) is 13.6 Å². The van der Waals surface area contributed by atoms with Gasteiger partial charge in [-0.25, -0.2) is 9.97 Å². The second-order valence-corrected chi connectivity index (χ2v) is 5.39. The van der Waals surface area contributed by atoms with E-state index < -0.39 is 0 Å². The van der Waals surface area contributed by atoms with Gasteiger partial charge in [0, 0.05) is 36.9 Å². The Morgan fingerprint density at radius 1 is 1.38 bits per heavy atom. The van der Waals surface area contributed by atoms with E-state index in [2.05, 4.69) is 20.4 Å². The van der Waals surface area contributed by atoms with Gasteiger partial charge in [-0.05, 0) is 26.0 Å². The fraction of sp³-hybridized carbons (Fsp3) is 0.294. The molecule has 124 valence electrons.